The lowest BCUT2D eigenvalue weighted by Crippen LogP contribution is -2.44. The SMILES string of the molecule is CN(C(=O)Cc1ccc([N+](=O)[O-])cc1[N+](=O)[O-])[C@@H]1c2ccccc2C[C@H]1N1CCCC1. The van der Waals surface area contributed by atoms with E-state index < -0.39 is 15.5 Å². The van der Waals surface area contributed by atoms with Gasteiger partial charge in [-0.05, 0) is 49.5 Å². The molecule has 0 spiro atoms. The van der Waals surface area contributed by atoms with Gasteiger partial charge in [0, 0.05) is 24.7 Å². The molecule has 4 rings (SSSR count). The van der Waals surface area contributed by atoms with Crippen molar-refractivity contribution in [3.63, 3.8) is 0 Å². The van der Waals surface area contributed by atoms with Crippen LogP contribution in [0.1, 0.15) is 35.6 Å². The maximum atomic E-state index is 13.2. The number of fused-ring (bicyclic) bond motifs is 1. The number of nitro groups is 2. The lowest BCUT2D eigenvalue weighted by Gasteiger charge is -2.35. The van der Waals surface area contributed by atoms with Gasteiger partial charge in [-0.3, -0.25) is 29.9 Å². The number of nitro benzene ring substituents is 2. The first-order valence-corrected chi connectivity index (χ1v) is 10.4. The standard InChI is InChI=1S/C22H24N4O5/c1-23(21(27)13-16-8-9-17(25(28)29)14-19(16)26(30)31)22-18-7-3-2-6-15(18)12-20(22)24-10-4-5-11-24/h2-3,6-9,14,20,22H,4-5,10-13H2,1H3/t20-,22-/m1/s1. The molecule has 1 aliphatic carbocycles. The number of rotatable bonds is 6. The smallest absolute Gasteiger partial charge is 0.279 e. The number of benzene rings is 2. The van der Waals surface area contributed by atoms with E-state index in [0.717, 1.165) is 44.0 Å². The van der Waals surface area contributed by atoms with Crippen LogP contribution in [0.3, 0.4) is 0 Å². The van der Waals surface area contributed by atoms with Gasteiger partial charge in [0.2, 0.25) is 5.91 Å². The molecule has 0 unspecified atom stereocenters. The zero-order chi connectivity index (χ0) is 22.1. The molecule has 1 fully saturated rings. The van der Waals surface area contributed by atoms with Crippen LogP contribution in [0.25, 0.3) is 0 Å². The van der Waals surface area contributed by atoms with E-state index in [1.165, 1.54) is 17.7 Å². The Morgan fingerprint density at radius 3 is 2.48 bits per heavy atom. The number of amides is 1. The summed E-state index contributed by atoms with van der Waals surface area (Å²) in [4.78, 5) is 38.4. The van der Waals surface area contributed by atoms with Crippen LogP contribution in [-0.4, -0.2) is 51.7 Å². The van der Waals surface area contributed by atoms with Crippen molar-refractivity contribution >= 4 is 17.3 Å². The molecule has 0 radical (unpaired) electrons. The van der Waals surface area contributed by atoms with Gasteiger partial charge in [-0.15, -0.1) is 0 Å². The van der Waals surface area contributed by atoms with Crippen molar-refractivity contribution in [3.8, 4) is 0 Å². The van der Waals surface area contributed by atoms with E-state index in [0.29, 0.717) is 0 Å². The Morgan fingerprint density at radius 1 is 1.10 bits per heavy atom. The van der Waals surface area contributed by atoms with E-state index in [9.17, 15) is 25.0 Å². The van der Waals surface area contributed by atoms with Crippen LogP contribution in [0.15, 0.2) is 42.5 Å². The number of likely N-dealkylation sites (N-methyl/N-ethyl adjacent to an activating group) is 1. The first kappa shape index (κ1) is 20.9. The molecule has 2 aromatic rings. The van der Waals surface area contributed by atoms with Gasteiger partial charge in [0.25, 0.3) is 11.4 Å². The van der Waals surface area contributed by atoms with Crippen molar-refractivity contribution in [1.29, 1.82) is 0 Å². The van der Waals surface area contributed by atoms with Crippen molar-refractivity contribution in [2.45, 2.75) is 37.8 Å². The van der Waals surface area contributed by atoms with Gasteiger partial charge in [-0.25, -0.2) is 0 Å². The molecule has 162 valence electrons. The van der Waals surface area contributed by atoms with Crippen molar-refractivity contribution in [2.75, 3.05) is 20.1 Å². The van der Waals surface area contributed by atoms with Crippen LogP contribution >= 0.6 is 0 Å². The molecule has 1 heterocycles. The van der Waals surface area contributed by atoms with Gasteiger partial charge in [-0.1, -0.05) is 24.3 Å². The zero-order valence-corrected chi connectivity index (χ0v) is 17.3. The van der Waals surface area contributed by atoms with Gasteiger partial charge in [-0.2, -0.15) is 0 Å². The van der Waals surface area contributed by atoms with Crippen molar-refractivity contribution in [3.05, 3.63) is 79.4 Å². The predicted molar refractivity (Wildman–Crippen MR) is 114 cm³/mol. The molecule has 0 aromatic heterocycles. The van der Waals surface area contributed by atoms with Gasteiger partial charge in [0.15, 0.2) is 0 Å². The third-order valence-electron chi connectivity index (χ3n) is 6.41. The number of hydrogen-bond acceptors (Lipinski definition) is 6. The molecule has 1 aliphatic heterocycles. The summed E-state index contributed by atoms with van der Waals surface area (Å²) in [6, 6.07) is 11.6. The average molecular weight is 424 g/mol. The van der Waals surface area contributed by atoms with Crippen molar-refractivity contribution in [1.82, 2.24) is 9.80 Å². The number of likely N-dealkylation sites (tertiary alicyclic amines) is 1. The van der Waals surface area contributed by atoms with Gasteiger partial charge in [0.05, 0.1) is 28.4 Å². The van der Waals surface area contributed by atoms with Crippen molar-refractivity contribution in [2.24, 2.45) is 0 Å². The highest BCUT2D eigenvalue weighted by molar-refractivity contribution is 5.80. The Labute approximate surface area is 179 Å². The highest BCUT2D eigenvalue weighted by atomic mass is 16.6. The maximum absolute atomic E-state index is 13.2. The average Bonchev–Trinajstić information content (AvgIpc) is 3.40. The lowest BCUT2D eigenvalue weighted by molar-refractivity contribution is -0.394. The monoisotopic (exact) mass is 424 g/mol. The van der Waals surface area contributed by atoms with Gasteiger partial charge in [0.1, 0.15) is 0 Å². The number of carbonyl (C=O) groups excluding carboxylic acids is 1. The molecule has 2 aromatic carbocycles. The molecule has 0 N–H and O–H groups in total. The number of nitrogens with zero attached hydrogens (tertiary/aromatic N) is 4. The Hall–Kier alpha value is -3.33. The fourth-order valence-corrected chi connectivity index (χ4v) is 4.85. The van der Waals surface area contributed by atoms with E-state index in [1.54, 1.807) is 11.9 Å². The minimum absolute atomic E-state index is 0.126. The molecule has 1 amide bonds. The van der Waals surface area contributed by atoms with E-state index in [-0.39, 0.29) is 35.7 Å². The summed E-state index contributed by atoms with van der Waals surface area (Å²) in [6.45, 7) is 2.01. The van der Waals surface area contributed by atoms with E-state index in [2.05, 4.69) is 11.0 Å². The lowest BCUT2D eigenvalue weighted by atomic mass is 10.0. The second-order valence-electron chi connectivity index (χ2n) is 8.17. The Morgan fingerprint density at radius 2 is 1.81 bits per heavy atom. The molecule has 2 atom stereocenters. The fourth-order valence-electron chi connectivity index (χ4n) is 4.85. The van der Waals surface area contributed by atoms with Crippen LogP contribution < -0.4 is 0 Å². The van der Waals surface area contributed by atoms with Gasteiger partial charge >= 0.3 is 0 Å². The normalized spacial score (nSPS) is 20.4. The summed E-state index contributed by atoms with van der Waals surface area (Å²) in [5, 5.41) is 22.4. The molecular formula is C22H24N4O5. The van der Waals surface area contributed by atoms with Crippen LogP contribution in [0.5, 0.6) is 0 Å². The molecule has 31 heavy (non-hydrogen) atoms. The second kappa shape index (κ2) is 8.43. The molecular weight excluding hydrogens is 400 g/mol. The molecule has 0 saturated carbocycles. The Bertz CT molecular complexity index is 1030. The quantitative estimate of drug-likeness (QED) is 0.520. The number of non-ortho nitro benzene ring substituents is 1. The highest BCUT2D eigenvalue weighted by Crippen LogP contribution is 2.39. The van der Waals surface area contributed by atoms with Crippen LogP contribution in [0, 0.1) is 20.2 Å². The first-order chi connectivity index (χ1) is 14.9. The summed E-state index contributed by atoms with van der Waals surface area (Å²) in [5.41, 5.74) is 1.75. The maximum Gasteiger partial charge on any atom is 0.279 e. The summed E-state index contributed by atoms with van der Waals surface area (Å²) < 4.78 is 0. The Kier molecular flexibility index (Phi) is 5.69. The summed E-state index contributed by atoms with van der Waals surface area (Å²) in [5.74, 6) is -0.247. The van der Waals surface area contributed by atoms with Crippen LogP contribution in [0.2, 0.25) is 0 Å². The predicted octanol–water partition coefficient (Wildman–Crippen LogP) is 3.27. The fraction of sp³-hybridized carbons (Fsp3) is 0.409. The minimum Gasteiger partial charge on any atom is -0.337 e. The molecule has 9 nitrogen and oxygen atoms in total. The third kappa shape index (κ3) is 4.00. The largest absolute Gasteiger partial charge is 0.337 e. The summed E-state index contributed by atoms with van der Waals surface area (Å²) in [7, 11) is 1.75. The topological polar surface area (TPSA) is 110 Å². The molecule has 2 aliphatic rings. The molecule has 0 bridgehead atoms. The number of carbonyl (C=O) groups is 1. The molecule has 9 heteroatoms. The van der Waals surface area contributed by atoms with Crippen molar-refractivity contribution < 1.29 is 14.6 Å². The zero-order valence-electron chi connectivity index (χ0n) is 17.3. The van der Waals surface area contributed by atoms with Crippen LogP contribution in [0.4, 0.5) is 11.4 Å². The van der Waals surface area contributed by atoms with E-state index in [1.807, 2.05) is 18.2 Å². The first-order valence-electron chi connectivity index (χ1n) is 10.4. The van der Waals surface area contributed by atoms with E-state index in [4.69, 9.17) is 0 Å². The Balaban J connectivity index is 1.61. The van der Waals surface area contributed by atoms with Gasteiger partial charge < -0.3 is 4.90 Å². The summed E-state index contributed by atoms with van der Waals surface area (Å²) >= 11 is 0. The minimum atomic E-state index is -0.680. The number of hydrogen-bond donors (Lipinski definition) is 0. The van der Waals surface area contributed by atoms with E-state index >= 15 is 0 Å². The molecule has 1 saturated heterocycles. The summed E-state index contributed by atoms with van der Waals surface area (Å²) in [6.07, 6.45) is 2.98. The third-order valence-corrected chi connectivity index (χ3v) is 6.41. The highest BCUT2D eigenvalue weighted by Gasteiger charge is 2.41. The second-order valence-corrected chi connectivity index (χ2v) is 8.17. The van der Waals surface area contributed by atoms with Crippen LogP contribution in [-0.2, 0) is 17.6 Å².